The summed E-state index contributed by atoms with van der Waals surface area (Å²) in [5.41, 5.74) is 11.0. The average molecular weight is 241 g/mol. The SMILES string of the molecule is CNC(=O)CCCSc1nc(N)cc(N)n1. The third kappa shape index (κ3) is 4.35. The van der Waals surface area contributed by atoms with Crippen molar-refractivity contribution in [1.29, 1.82) is 0 Å². The van der Waals surface area contributed by atoms with Gasteiger partial charge in [-0.25, -0.2) is 9.97 Å². The first-order valence-electron chi connectivity index (χ1n) is 4.85. The molecule has 1 rings (SSSR count). The molecule has 0 fully saturated rings. The molecular formula is C9H15N5OS. The van der Waals surface area contributed by atoms with Crippen LogP contribution < -0.4 is 16.8 Å². The second-order valence-electron chi connectivity index (χ2n) is 3.13. The van der Waals surface area contributed by atoms with Crippen LogP contribution in [0.2, 0.25) is 0 Å². The molecular weight excluding hydrogens is 226 g/mol. The van der Waals surface area contributed by atoms with E-state index in [1.165, 1.54) is 17.8 Å². The predicted molar refractivity (Wildman–Crippen MR) is 64.9 cm³/mol. The molecule has 1 aromatic heterocycles. The van der Waals surface area contributed by atoms with Gasteiger partial charge in [0.1, 0.15) is 11.6 Å². The molecule has 88 valence electrons. The molecule has 16 heavy (non-hydrogen) atoms. The Balaban J connectivity index is 2.34. The lowest BCUT2D eigenvalue weighted by Gasteiger charge is -2.02. The quantitative estimate of drug-likeness (QED) is 0.388. The minimum absolute atomic E-state index is 0.0357. The number of amides is 1. The summed E-state index contributed by atoms with van der Waals surface area (Å²) in [6.07, 6.45) is 1.27. The molecule has 0 aromatic carbocycles. The summed E-state index contributed by atoms with van der Waals surface area (Å²) in [6.45, 7) is 0. The molecule has 0 saturated carbocycles. The summed E-state index contributed by atoms with van der Waals surface area (Å²) in [5.74, 6) is 1.52. The van der Waals surface area contributed by atoms with Gasteiger partial charge in [-0.3, -0.25) is 4.79 Å². The van der Waals surface area contributed by atoms with Crippen molar-refractivity contribution in [1.82, 2.24) is 15.3 Å². The van der Waals surface area contributed by atoms with Crippen molar-refractivity contribution in [3.63, 3.8) is 0 Å². The molecule has 1 amide bonds. The van der Waals surface area contributed by atoms with E-state index in [2.05, 4.69) is 15.3 Å². The van der Waals surface area contributed by atoms with Gasteiger partial charge in [-0.15, -0.1) is 0 Å². The fourth-order valence-electron chi connectivity index (χ4n) is 1.05. The molecule has 0 atom stereocenters. The predicted octanol–water partition coefficient (Wildman–Crippen LogP) is 0.259. The van der Waals surface area contributed by atoms with Crippen LogP contribution in [0.3, 0.4) is 0 Å². The summed E-state index contributed by atoms with van der Waals surface area (Å²) < 4.78 is 0. The molecule has 6 nitrogen and oxygen atoms in total. The Morgan fingerprint density at radius 1 is 1.44 bits per heavy atom. The normalized spacial score (nSPS) is 10.1. The molecule has 0 radical (unpaired) electrons. The Morgan fingerprint density at radius 2 is 2.06 bits per heavy atom. The maximum atomic E-state index is 10.9. The number of hydrogen-bond donors (Lipinski definition) is 3. The van der Waals surface area contributed by atoms with Crippen LogP contribution in [-0.4, -0.2) is 28.7 Å². The molecule has 0 bridgehead atoms. The average Bonchev–Trinajstić information content (AvgIpc) is 2.22. The van der Waals surface area contributed by atoms with Crippen LogP contribution in [-0.2, 0) is 4.79 Å². The van der Waals surface area contributed by atoms with E-state index in [1.807, 2.05) is 0 Å². The van der Waals surface area contributed by atoms with Gasteiger partial charge >= 0.3 is 0 Å². The first-order valence-corrected chi connectivity index (χ1v) is 5.84. The summed E-state index contributed by atoms with van der Waals surface area (Å²) >= 11 is 1.44. The van der Waals surface area contributed by atoms with Crippen LogP contribution in [0.4, 0.5) is 11.6 Å². The van der Waals surface area contributed by atoms with Crippen LogP contribution in [0.25, 0.3) is 0 Å². The van der Waals surface area contributed by atoms with E-state index in [9.17, 15) is 4.79 Å². The van der Waals surface area contributed by atoms with Crippen LogP contribution in [0.5, 0.6) is 0 Å². The highest BCUT2D eigenvalue weighted by atomic mass is 32.2. The van der Waals surface area contributed by atoms with Gasteiger partial charge in [0, 0.05) is 25.3 Å². The van der Waals surface area contributed by atoms with Crippen LogP contribution >= 0.6 is 11.8 Å². The van der Waals surface area contributed by atoms with E-state index in [1.54, 1.807) is 7.05 Å². The fraction of sp³-hybridized carbons (Fsp3) is 0.444. The number of nitrogen functional groups attached to an aromatic ring is 2. The van der Waals surface area contributed by atoms with E-state index < -0.39 is 0 Å². The summed E-state index contributed by atoms with van der Waals surface area (Å²) in [5, 5.41) is 3.11. The lowest BCUT2D eigenvalue weighted by molar-refractivity contribution is -0.120. The third-order valence-corrected chi connectivity index (χ3v) is 2.74. The molecule has 0 aliphatic carbocycles. The molecule has 0 saturated heterocycles. The highest BCUT2D eigenvalue weighted by molar-refractivity contribution is 7.99. The van der Waals surface area contributed by atoms with Gasteiger partial charge in [0.15, 0.2) is 5.16 Å². The number of nitrogens with two attached hydrogens (primary N) is 2. The standard InChI is InChI=1S/C9H15N5OS/c1-12-8(15)3-2-4-16-9-13-6(10)5-7(11)14-9/h5H,2-4H2,1H3,(H,12,15)(H4,10,11,13,14). The molecule has 1 heterocycles. The van der Waals surface area contributed by atoms with E-state index in [-0.39, 0.29) is 5.91 Å². The van der Waals surface area contributed by atoms with Crippen molar-refractivity contribution in [3.05, 3.63) is 6.07 Å². The zero-order valence-electron chi connectivity index (χ0n) is 9.06. The third-order valence-electron chi connectivity index (χ3n) is 1.80. The van der Waals surface area contributed by atoms with Crippen molar-refractivity contribution >= 4 is 29.3 Å². The van der Waals surface area contributed by atoms with E-state index in [0.29, 0.717) is 23.2 Å². The molecule has 0 spiro atoms. The van der Waals surface area contributed by atoms with Crippen molar-refractivity contribution in [2.24, 2.45) is 0 Å². The van der Waals surface area contributed by atoms with Crippen molar-refractivity contribution in [3.8, 4) is 0 Å². The van der Waals surface area contributed by atoms with E-state index in [0.717, 1.165) is 12.2 Å². The number of nitrogens with zero attached hydrogens (tertiary/aromatic N) is 2. The Bertz CT molecular complexity index is 351. The number of thioether (sulfide) groups is 1. The summed E-state index contributed by atoms with van der Waals surface area (Å²) in [4.78, 5) is 19.0. The first kappa shape index (κ1) is 12.6. The minimum atomic E-state index is 0.0357. The number of nitrogens with one attached hydrogen (secondary N) is 1. The van der Waals surface area contributed by atoms with E-state index in [4.69, 9.17) is 11.5 Å². The van der Waals surface area contributed by atoms with Crippen LogP contribution in [0.1, 0.15) is 12.8 Å². The fourth-order valence-corrected chi connectivity index (χ4v) is 1.86. The lowest BCUT2D eigenvalue weighted by atomic mass is 10.3. The number of carbonyl (C=O) groups is 1. The maximum absolute atomic E-state index is 10.9. The summed E-state index contributed by atoms with van der Waals surface area (Å²) in [6, 6.07) is 1.51. The van der Waals surface area contributed by atoms with Crippen molar-refractivity contribution in [2.75, 3.05) is 24.3 Å². The Morgan fingerprint density at radius 3 is 2.62 bits per heavy atom. The Hall–Kier alpha value is -1.50. The second kappa shape index (κ2) is 6.16. The molecule has 0 aliphatic rings. The van der Waals surface area contributed by atoms with Gasteiger partial charge in [0.25, 0.3) is 0 Å². The van der Waals surface area contributed by atoms with Crippen molar-refractivity contribution in [2.45, 2.75) is 18.0 Å². The van der Waals surface area contributed by atoms with E-state index >= 15 is 0 Å². The zero-order valence-corrected chi connectivity index (χ0v) is 9.88. The number of rotatable bonds is 5. The maximum Gasteiger partial charge on any atom is 0.219 e. The number of anilines is 2. The smallest absolute Gasteiger partial charge is 0.219 e. The van der Waals surface area contributed by atoms with Crippen LogP contribution in [0.15, 0.2) is 11.2 Å². The zero-order chi connectivity index (χ0) is 12.0. The van der Waals surface area contributed by atoms with Gasteiger partial charge in [0.2, 0.25) is 5.91 Å². The molecule has 0 unspecified atom stereocenters. The lowest BCUT2D eigenvalue weighted by Crippen LogP contribution is -2.17. The highest BCUT2D eigenvalue weighted by Gasteiger charge is 2.02. The minimum Gasteiger partial charge on any atom is -0.383 e. The topological polar surface area (TPSA) is 107 Å². The van der Waals surface area contributed by atoms with Gasteiger partial charge in [-0.1, -0.05) is 11.8 Å². The first-order chi connectivity index (χ1) is 7.61. The van der Waals surface area contributed by atoms with Gasteiger partial charge in [-0.05, 0) is 6.42 Å². The van der Waals surface area contributed by atoms with Gasteiger partial charge < -0.3 is 16.8 Å². The Kier molecular flexibility index (Phi) is 4.84. The molecule has 7 heteroatoms. The largest absolute Gasteiger partial charge is 0.383 e. The second-order valence-corrected chi connectivity index (χ2v) is 4.19. The Labute approximate surface area is 98.2 Å². The highest BCUT2D eigenvalue weighted by Crippen LogP contribution is 2.17. The summed E-state index contributed by atoms with van der Waals surface area (Å²) in [7, 11) is 1.62. The van der Waals surface area contributed by atoms with Crippen molar-refractivity contribution < 1.29 is 4.79 Å². The molecule has 0 aliphatic heterocycles. The number of hydrogen-bond acceptors (Lipinski definition) is 6. The van der Waals surface area contributed by atoms with Crippen LogP contribution in [0, 0.1) is 0 Å². The van der Waals surface area contributed by atoms with Gasteiger partial charge in [-0.2, -0.15) is 0 Å². The van der Waals surface area contributed by atoms with Gasteiger partial charge in [0.05, 0.1) is 0 Å². The molecule has 5 N–H and O–H groups in total. The number of carbonyl (C=O) groups excluding carboxylic acids is 1. The number of aromatic nitrogens is 2. The monoisotopic (exact) mass is 241 g/mol. The molecule has 1 aromatic rings.